The van der Waals surface area contributed by atoms with Crippen LogP contribution in [0.1, 0.15) is 19.4 Å². The molecule has 6 rings (SSSR count). The first-order chi connectivity index (χ1) is 20.4. The molecule has 0 saturated carbocycles. The van der Waals surface area contributed by atoms with E-state index in [1.807, 2.05) is 24.3 Å². The molecule has 0 aliphatic carbocycles. The first kappa shape index (κ1) is 28.4. The van der Waals surface area contributed by atoms with Gasteiger partial charge in [0, 0.05) is 37.6 Å². The van der Waals surface area contributed by atoms with Crippen molar-refractivity contribution in [1.29, 1.82) is 0 Å². The summed E-state index contributed by atoms with van der Waals surface area (Å²) in [5.41, 5.74) is 6.44. The molecule has 2 fully saturated rings. The second-order valence-electron chi connectivity index (χ2n) is 10.7. The first-order valence-electron chi connectivity index (χ1n) is 14.2. The normalized spacial score (nSPS) is 19.2. The third-order valence-corrected chi connectivity index (χ3v) is 8.49. The minimum Gasteiger partial charge on any atom is -0.378 e. The number of anilines is 4. The second kappa shape index (κ2) is 12.6. The monoisotopic (exact) mass is 589 g/mol. The molecule has 0 bridgehead atoms. The van der Waals surface area contributed by atoms with E-state index >= 15 is 0 Å². The highest BCUT2D eigenvalue weighted by Gasteiger charge is 2.26. The highest BCUT2D eigenvalue weighted by molar-refractivity contribution is 7.22. The number of morpholine rings is 2. The van der Waals surface area contributed by atoms with E-state index in [4.69, 9.17) is 19.7 Å². The third kappa shape index (κ3) is 6.50. The van der Waals surface area contributed by atoms with Crippen LogP contribution in [0.3, 0.4) is 0 Å². The number of ether oxygens (including phenoxy) is 2. The van der Waals surface area contributed by atoms with E-state index in [0.29, 0.717) is 24.6 Å². The Kier molecular flexibility index (Phi) is 8.54. The number of rotatable bonds is 7. The van der Waals surface area contributed by atoms with Crippen LogP contribution in [0.15, 0.2) is 60.7 Å². The number of carbonyl (C=O) groups is 1. The van der Waals surface area contributed by atoms with Gasteiger partial charge >= 0.3 is 6.03 Å². The molecule has 220 valence electrons. The molecule has 2 atom stereocenters. The van der Waals surface area contributed by atoms with Crippen molar-refractivity contribution in [2.75, 3.05) is 59.8 Å². The Morgan fingerprint density at radius 1 is 0.952 bits per heavy atom. The van der Waals surface area contributed by atoms with Crippen LogP contribution in [0, 0.1) is 0 Å². The molecular formula is C31H35N5O5S. The van der Waals surface area contributed by atoms with Gasteiger partial charge in [0.1, 0.15) is 12.1 Å². The lowest BCUT2D eigenvalue weighted by molar-refractivity contribution is -0.253. The number of thiazole rings is 1. The van der Waals surface area contributed by atoms with Crippen molar-refractivity contribution < 1.29 is 24.4 Å². The molecule has 2 saturated heterocycles. The van der Waals surface area contributed by atoms with Crippen molar-refractivity contribution in [2.24, 2.45) is 0 Å². The molecule has 11 heteroatoms. The van der Waals surface area contributed by atoms with Crippen molar-refractivity contribution >= 4 is 49.8 Å². The van der Waals surface area contributed by atoms with Gasteiger partial charge in [-0.1, -0.05) is 35.6 Å². The molecule has 1 aromatic heterocycles. The van der Waals surface area contributed by atoms with Crippen molar-refractivity contribution in [3.63, 3.8) is 0 Å². The molecule has 3 aromatic carbocycles. The largest absolute Gasteiger partial charge is 0.378 e. The van der Waals surface area contributed by atoms with Gasteiger partial charge in [-0.25, -0.2) is 14.7 Å². The summed E-state index contributed by atoms with van der Waals surface area (Å²) < 4.78 is 12.7. The summed E-state index contributed by atoms with van der Waals surface area (Å²) in [5, 5.41) is 15.3. The topological polar surface area (TPSA) is 108 Å². The highest BCUT2D eigenvalue weighted by atomic mass is 32.1. The van der Waals surface area contributed by atoms with Gasteiger partial charge in [-0.3, -0.25) is 5.26 Å². The van der Waals surface area contributed by atoms with Crippen LogP contribution in [-0.4, -0.2) is 67.9 Å². The maximum absolute atomic E-state index is 12.6. The van der Waals surface area contributed by atoms with Crippen LogP contribution in [-0.2, 0) is 21.0 Å². The van der Waals surface area contributed by atoms with E-state index in [1.165, 1.54) is 0 Å². The molecule has 2 aliphatic heterocycles. The van der Waals surface area contributed by atoms with Gasteiger partial charge in [-0.05, 0) is 66.9 Å². The Hall–Kier alpha value is -3.74. The number of urea groups is 1. The number of nitrogens with zero attached hydrogens (tertiary/aromatic N) is 3. The molecule has 4 aromatic rings. The maximum Gasteiger partial charge on any atom is 0.323 e. The van der Waals surface area contributed by atoms with Crippen LogP contribution in [0.5, 0.6) is 0 Å². The molecule has 3 heterocycles. The SMILES string of the molecule is C[C@@H]1CN(c2nc3c(N4CCOCC4)cc(-c4ccc(NC(=O)Nc5ccc(COO)cc5)cc4)cc3s2)C[C@H](C)O1. The Morgan fingerprint density at radius 3 is 2.24 bits per heavy atom. The number of fused-ring (bicyclic) bond motifs is 1. The predicted octanol–water partition coefficient (Wildman–Crippen LogP) is 6.05. The molecule has 0 unspecified atom stereocenters. The average Bonchev–Trinajstić information content (AvgIpc) is 3.43. The number of amides is 2. The Morgan fingerprint density at radius 2 is 1.60 bits per heavy atom. The molecule has 0 spiro atoms. The van der Waals surface area contributed by atoms with Gasteiger partial charge in [0.15, 0.2) is 5.13 Å². The smallest absolute Gasteiger partial charge is 0.323 e. The minimum absolute atomic E-state index is 0.0935. The number of benzene rings is 3. The van der Waals surface area contributed by atoms with E-state index < -0.39 is 0 Å². The summed E-state index contributed by atoms with van der Waals surface area (Å²) in [6.45, 7) is 9.03. The third-order valence-electron chi connectivity index (χ3n) is 7.42. The summed E-state index contributed by atoms with van der Waals surface area (Å²) in [5.74, 6) is 0. The summed E-state index contributed by atoms with van der Waals surface area (Å²) in [6, 6.07) is 19.0. The van der Waals surface area contributed by atoms with Crippen molar-refractivity contribution in [2.45, 2.75) is 32.7 Å². The fourth-order valence-corrected chi connectivity index (χ4v) is 6.52. The van der Waals surface area contributed by atoms with Crippen LogP contribution in [0.25, 0.3) is 21.3 Å². The van der Waals surface area contributed by atoms with Gasteiger partial charge in [-0.2, -0.15) is 0 Å². The molecular weight excluding hydrogens is 554 g/mol. The lowest BCUT2D eigenvalue weighted by Crippen LogP contribution is -2.45. The van der Waals surface area contributed by atoms with Crippen molar-refractivity contribution in [1.82, 2.24) is 4.98 Å². The molecule has 2 aliphatic rings. The molecule has 3 N–H and O–H groups in total. The van der Waals surface area contributed by atoms with Gasteiger partial charge in [0.25, 0.3) is 0 Å². The number of aromatic nitrogens is 1. The lowest BCUT2D eigenvalue weighted by Gasteiger charge is -2.35. The van der Waals surface area contributed by atoms with E-state index in [9.17, 15) is 4.79 Å². The lowest BCUT2D eigenvalue weighted by atomic mass is 10.0. The van der Waals surface area contributed by atoms with Crippen LogP contribution in [0.4, 0.5) is 27.0 Å². The van der Waals surface area contributed by atoms with Crippen molar-refractivity contribution in [3.05, 3.63) is 66.2 Å². The van der Waals surface area contributed by atoms with Gasteiger partial charge in [0.2, 0.25) is 0 Å². The zero-order valence-electron chi connectivity index (χ0n) is 23.7. The Labute approximate surface area is 248 Å². The number of hydrogen-bond acceptors (Lipinski definition) is 9. The standard InChI is InChI=1S/C31H35N5O5S/c1-20-17-36(18-21(2)41-20)31-34-29-27(35-11-13-39-14-12-35)15-24(16-28(29)42-31)23-5-9-26(10-6-23)33-30(37)32-25-7-3-22(4-8-25)19-40-38/h3-10,15-16,20-21,38H,11-14,17-19H2,1-2H3,(H2,32,33,37)/t20-,21+. The van der Waals surface area contributed by atoms with E-state index in [2.05, 4.69) is 51.3 Å². The van der Waals surface area contributed by atoms with Crippen molar-refractivity contribution in [3.8, 4) is 11.1 Å². The minimum atomic E-state index is -0.339. The van der Waals surface area contributed by atoms with E-state index in [1.54, 1.807) is 35.6 Å². The van der Waals surface area contributed by atoms with E-state index in [-0.39, 0.29) is 24.8 Å². The summed E-state index contributed by atoms with van der Waals surface area (Å²) in [6.07, 6.45) is 0.327. The zero-order chi connectivity index (χ0) is 29.1. The average molecular weight is 590 g/mol. The first-order valence-corrected chi connectivity index (χ1v) is 15.0. The van der Waals surface area contributed by atoms with E-state index in [0.717, 1.165) is 63.9 Å². The summed E-state index contributed by atoms with van der Waals surface area (Å²) in [7, 11) is 0. The second-order valence-corrected chi connectivity index (χ2v) is 11.7. The van der Waals surface area contributed by atoms with Crippen LogP contribution >= 0.6 is 11.3 Å². The fraction of sp³-hybridized carbons (Fsp3) is 0.355. The number of nitrogens with one attached hydrogen (secondary N) is 2. The number of hydrogen-bond donors (Lipinski definition) is 3. The van der Waals surface area contributed by atoms with Crippen LogP contribution < -0.4 is 20.4 Å². The predicted molar refractivity (Wildman–Crippen MR) is 167 cm³/mol. The van der Waals surface area contributed by atoms with Gasteiger partial charge in [-0.15, -0.1) is 0 Å². The molecule has 0 radical (unpaired) electrons. The maximum atomic E-state index is 12.6. The Balaban J connectivity index is 1.23. The van der Waals surface area contributed by atoms with Gasteiger partial charge < -0.3 is 29.9 Å². The molecule has 42 heavy (non-hydrogen) atoms. The Bertz CT molecular complexity index is 1510. The highest BCUT2D eigenvalue weighted by Crippen LogP contribution is 2.39. The summed E-state index contributed by atoms with van der Waals surface area (Å²) in [4.78, 5) is 26.6. The fourth-order valence-electron chi connectivity index (χ4n) is 5.48. The van der Waals surface area contributed by atoms with Gasteiger partial charge in [0.05, 0.1) is 35.8 Å². The number of carbonyl (C=O) groups excluding carboxylic acids is 1. The quantitative estimate of drug-likeness (QED) is 0.177. The van der Waals surface area contributed by atoms with Crippen LogP contribution in [0.2, 0.25) is 0 Å². The summed E-state index contributed by atoms with van der Waals surface area (Å²) >= 11 is 1.73. The molecule has 10 nitrogen and oxygen atoms in total. The zero-order valence-corrected chi connectivity index (χ0v) is 24.5. The molecule has 2 amide bonds.